The zero-order chi connectivity index (χ0) is 13.8. The highest BCUT2D eigenvalue weighted by atomic mass is 35.5. The Morgan fingerprint density at radius 3 is 1.75 bits per heavy atom. The van der Waals surface area contributed by atoms with Gasteiger partial charge in [0.15, 0.2) is 0 Å². The summed E-state index contributed by atoms with van der Waals surface area (Å²) in [6.45, 7) is 0. The molecular formula is C17H13ClNP. The molecule has 0 aliphatic rings. The highest BCUT2D eigenvalue weighted by Crippen LogP contribution is 2.32. The number of nitrogens with zero attached hydrogens (tertiary/aromatic N) is 1. The minimum atomic E-state index is -0.609. The predicted molar refractivity (Wildman–Crippen MR) is 88.0 cm³/mol. The Hall–Kier alpha value is -1.69. The molecule has 0 saturated heterocycles. The Morgan fingerprint density at radius 2 is 1.25 bits per heavy atom. The van der Waals surface area contributed by atoms with Crippen molar-refractivity contribution in [2.75, 3.05) is 0 Å². The van der Waals surface area contributed by atoms with E-state index in [-0.39, 0.29) is 0 Å². The predicted octanol–water partition coefficient (Wildman–Crippen LogP) is 3.49. The van der Waals surface area contributed by atoms with Crippen LogP contribution in [0.4, 0.5) is 0 Å². The SMILES string of the molecule is Clc1cncc(P(c2ccccc2)c2ccccc2)c1. The van der Waals surface area contributed by atoms with Gasteiger partial charge in [-0.15, -0.1) is 0 Å². The Kier molecular flexibility index (Phi) is 4.11. The van der Waals surface area contributed by atoms with Gasteiger partial charge in [-0.1, -0.05) is 72.3 Å². The zero-order valence-corrected chi connectivity index (χ0v) is 12.4. The summed E-state index contributed by atoms with van der Waals surface area (Å²) in [4.78, 5) is 4.24. The zero-order valence-electron chi connectivity index (χ0n) is 10.8. The Morgan fingerprint density at radius 1 is 0.700 bits per heavy atom. The molecule has 0 bridgehead atoms. The maximum absolute atomic E-state index is 6.11. The van der Waals surface area contributed by atoms with Crippen molar-refractivity contribution in [2.24, 2.45) is 0 Å². The fourth-order valence-corrected chi connectivity index (χ4v) is 4.66. The number of benzene rings is 2. The standard InChI is InChI=1S/C17H13ClNP/c18-14-11-17(13-19-12-14)20(15-7-3-1-4-8-15)16-9-5-2-6-10-16/h1-13H. The number of halogens is 1. The molecule has 1 nitrogen and oxygen atoms in total. The molecule has 98 valence electrons. The van der Waals surface area contributed by atoms with Crippen molar-refractivity contribution in [3.05, 3.63) is 84.1 Å². The molecule has 0 atom stereocenters. The minimum absolute atomic E-state index is 0.609. The van der Waals surface area contributed by atoms with Crippen molar-refractivity contribution in [1.29, 1.82) is 0 Å². The van der Waals surface area contributed by atoms with E-state index in [1.54, 1.807) is 6.20 Å². The molecule has 0 fully saturated rings. The summed E-state index contributed by atoms with van der Waals surface area (Å²) in [6, 6.07) is 23.1. The number of pyridine rings is 1. The quantitative estimate of drug-likeness (QED) is 0.674. The molecule has 1 heterocycles. The molecule has 0 N–H and O–H groups in total. The fourth-order valence-electron chi connectivity index (χ4n) is 2.12. The lowest BCUT2D eigenvalue weighted by Gasteiger charge is -2.18. The molecule has 3 aromatic rings. The maximum Gasteiger partial charge on any atom is 0.0595 e. The average molecular weight is 298 g/mol. The smallest absolute Gasteiger partial charge is 0.0595 e. The molecule has 20 heavy (non-hydrogen) atoms. The van der Waals surface area contributed by atoms with Crippen molar-refractivity contribution < 1.29 is 0 Å². The van der Waals surface area contributed by atoms with Crippen LogP contribution in [0.1, 0.15) is 0 Å². The summed E-state index contributed by atoms with van der Waals surface area (Å²) in [5.74, 6) is 0. The number of hydrogen-bond donors (Lipinski definition) is 0. The maximum atomic E-state index is 6.11. The van der Waals surface area contributed by atoms with Gasteiger partial charge in [-0.3, -0.25) is 4.98 Å². The van der Waals surface area contributed by atoms with E-state index in [9.17, 15) is 0 Å². The minimum Gasteiger partial charge on any atom is -0.262 e. The van der Waals surface area contributed by atoms with Crippen LogP contribution in [0.2, 0.25) is 5.02 Å². The van der Waals surface area contributed by atoms with Gasteiger partial charge in [-0.25, -0.2) is 0 Å². The highest BCUT2D eigenvalue weighted by Gasteiger charge is 2.16. The van der Waals surface area contributed by atoms with Gasteiger partial charge in [0.25, 0.3) is 0 Å². The number of rotatable bonds is 3. The van der Waals surface area contributed by atoms with Crippen LogP contribution in [0.5, 0.6) is 0 Å². The summed E-state index contributed by atoms with van der Waals surface area (Å²) in [5.41, 5.74) is 0. The van der Waals surface area contributed by atoms with Crippen LogP contribution in [0.15, 0.2) is 79.1 Å². The molecule has 0 amide bonds. The van der Waals surface area contributed by atoms with E-state index < -0.39 is 7.92 Å². The van der Waals surface area contributed by atoms with Crippen LogP contribution >= 0.6 is 19.5 Å². The Balaban J connectivity index is 2.14. The normalized spacial score (nSPS) is 10.7. The topological polar surface area (TPSA) is 12.9 Å². The summed E-state index contributed by atoms with van der Waals surface area (Å²) in [5, 5.41) is 4.46. The van der Waals surface area contributed by atoms with Crippen LogP contribution < -0.4 is 15.9 Å². The molecule has 0 aliphatic carbocycles. The van der Waals surface area contributed by atoms with Crippen LogP contribution in [0, 0.1) is 0 Å². The van der Waals surface area contributed by atoms with E-state index in [0.29, 0.717) is 5.02 Å². The van der Waals surface area contributed by atoms with Gasteiger partial charge < -0.3 is 0 Å². The molecular weight excluding hydrogens is 285 g/mol. The summed E-state index contributed by atoms with van der Waals surface area (Å²) in [7, 11) is -0.609. The molecule has 2 aromatic carbocycles. The van der Waals surface area contributed by atoms with E-state index in [0.717, 1.165) is 0 Å². The van der Waals surface area contributed by atoms with Gasteiger partial charge in [0.2, 0.25) is 0 Å². The first kappa shape index (κ1) is 13.3. The number of hydrogen-bond acceptors (Lipinski definition) is 1. The summed E-state index contributed by atoms with van der Waals surface area (Å²) < 4.78 is 0. The van der Waals surface area contributed by atoms with E-state index in [2.05, 4.69) is 53.5 Å². The molecule has 0 saturated carbocycles. The Labute approximate surface area is 125 Å². The van der Waals surface area contributed by atoms with E-state index in [1.807, 2.05) is 24.4 Å². The first-order chi connectivity index (χ1) is 9.84. The first-order valence-electron chi connectivity index (χ1n) is 6.35. The van der Waals surface area contributed by atoms with Gasteiger partial charge in [0.05, 0.1) is 5.02 Å². The molecule has 0 spiro atoms. The molecule has 3 rings (SSSR count). The van der Waals surface area contributed by atoms with Crippen molar-refractivity contribution in [3.63, 3.8) is 0 Å². The van der Waals surface area contributed by atoms with Crippen LogP contribution in [0.25, 0.3) is 0 Å². The summed E-state index contributed by atoms with van der Waals surface area (Å²) in [6.07, 6.45) is 3.59. The average Bonchev–Trinajstić information content (AvgIpc) is 2.50. The van der Waals surface area contributed by atoms with Crippen molar-refractivity contribution in [2.45, 2.75) is 0 Å². The van der Waals surface area contributed by atoms with Gasteiger partial charge >= 0.3 is 0 Å². The van der Waals surface area contributed by atoms with Crippen LogP contribution in [-0.2, 0) is 0 Å². The highest BCUT2D eigenvalue weighted by molar-refractivity contribution is 7.79. The third kappa shape index (κ3) is 2.90. The summed E-state index contributed by atoms with van der Waals surface area (Å²) >= 11 is 6.11. The van der Waals surface area contributed by atoms with E-state index >= 15 is 0 Å². The second kappa shape index (κ2) is 6.17. The lowest BCUT2D eigenvalue weighted by atomic mass is 10.4. The fraction of sp³-hybridized carbons (Fsp3) is 0. The lowest BCUT2D eigenvalue weighted by molar-refractivity contribution is 1.35. The van der Waals surface area contributed by atoms with E-state index in [1.165, 1.54) is 15.9 Å². The van der Waals surface area contributed by atoms with Gasteiger partial charge in [-0.2, -0.15) is 0 Å². The molecule has 0 unspecified atom stereocenters. The van der Waals surface area contributed by atoms with Gasteiger partial charge in [0.1, 0.15) is 0 Å². The van der Waals surface area contributed by atoms with Crippen LogP contribution in [0.3, 0.4) is 0 Å². The monoisotopic (exact) mass is 297 g/mol. The second-order valence-corrected chi connectivity index (χ2v) is 7.02. The third-order valence-electron chi connectivity index (χ3n) is 2.98. The molecule has 0 radical (unpaired) electrons. The third-order valence-corrected chi connectivity index (χ3v) is 5.57. The second-order valence-electron chi connectivity index (χ2n) is 4.37. The first-order valence-corrected chi connectivity index (χ1v) is 8.07. The van der Waals surface area contributed by atoms with Crippen molar-refractivity contribution in [3.8, 4) is 0 Å². The lowest BCUT2D eigenvalue weighted by Crippen LogP contribution is -2.20. The largest absolute Gasteiger partial charge is 0.262 e. The Bertz CT molecular complexity index is 646. The van der Waals surface area contributed by atoms with E-state index in [4.69, 9.17) is 11.6 Å². The van der Waals surface area contributed by atoms with Gasteiger partial charge in [0, 0.05) is 17.7 Å². The van der Waals surface area contributed by atoms with Crippen molar-refractivity contribution >= 4 is 35.4 Å². The van der Waals surface area contributed by atoms with Crippen LogP contribution in [-0.4, -0.2) is 4.98 Å². The number of aromatic nitrogens is 1. The van der Waals surface area contributed by atoms with Crippen molar-refractivity contribution in [1.82, 2.24) is 4.98 Å². The molecule has 1 aromatic heterocycles. The molecule has 3 heteroatoms. The molecule has 0 aliphatic heterocycles. The van der Waals surface area contributed by atoms with Gasteiger partial charge in [-0.05, 0) is 24.6 Å².